The maximum Gasteiger partial charge on any atom is 0.0841 e. The van der Waals surface area contributed by atoms with Crippen molar-refractivity contribution < 1.29 is 5.11 Å². The van der Waals surface area contributed by atoms with Crippen LogP contribution < -0.4 is 10.6 Å². The standard InChI is InChI=1S/C18H30N4O/c19-16-4-6-17(7-5-16)22-13-12-21(14-18(23)15-22)11-3-10-20-8-1-2-9-20/h4-7,18,23H,1-3,8-15,19H2. The van der Waals surface area contributed by atoms with Gasteiger partial charge in [0.2, 0.25) is 0 Å². The number of likely N-dealkylation sites (tertiary alicyclic amines) is 1. The number of β-amino-alcohol motifs (C(OH)–C–C–N with tert-alkyl or cyclic N) is 1. The van der Waals surface area contributed by atoms with Gasteiger partial charge in [-0.1, -0.05) is 0 Å². The number of aliphatic hydroxyl groups excluding tert-OH is 1. The number of nitrogens with two attached hydrogens (primary N) is 1. The van der Waals surface area contributed by atoms with E-state index in [1.54, 1.807) is 0 Å². The van der Waals surface area contributed by atoms with Crippen LogP contribution in [0.2, 0.25) is 0 Å². The first kappa shape index (κ1) is 16.6. The van der Waals surface area contributed by atoms with Gasteiger partial charge in [0.25, 0.3) is 0 Å². The molecule has 2 saturated heterocycles. The summed E-state index contributed by atoms with van der Waals surface area (Å²) in [7, 11) is 0. The molecule has 0 aliphatic carbocycles. The fourth-order valence-electron chi connectivity index (χ4n) is 3.70. The molecule has 23 heavy (non-hydrogen) atoms. The van der Waals surface area contributed by atoms with E-state index in [-0.39, 0.29) is 6.10 Å². The number of rotatable bonds is 5. The molecule has 2 fully saturated rings. The van der Waals surface area contributed by atoms with Crippen LogP contribution in [0.3, 0.4) is 0 Å². The van der Waals surface area contributed by atoms with E-state index in [9.17, 15) is 5.11 Å². The molecule has 1 atom stereocenters. The van der Waals surface area contributed by atoms with Crippen LogP contribution >= 0.6 is 0 Å². The Morgan fingerprint density at radius 2 is 1.61 bits per heavy atom. The molecule has 0 spiro atoms. The Morgan fingerprint density at radius 1 is 0.913 bits per heavy atom. The maximum absolute atomic E-state index is 10.3. The average molecular weight is 318 g/mol. The van der Waals surface area contributed by atoms with Gasteiger partial charge in [0.15, 0.2) is 0 Å². The van der Waals surface area contributed by atoms with Crippen molar-refractivity contribution in [2.24, 2.45) is 0 Å². The number of hydrogen-bond acceptors (Lipinski definition) is 5. The first-order valence-electron chi connectivity index (χ1n) is 8.94. The summed E-state index contributed by atoms with van der Waals surface area (Å²) >= 11 is 0. The Bertz CT molecular complexity index is 472. The summed E-state index contributed by atoms with van der Waals surface area (Å²) < 4.78 is 0. The highest BCUT2D eigenvalue weighted by Gasteiger charge is 2.21. The molecule has 2 aliphatic heterocycles. The van der Waals surface area contributed by atoms with E-state index < -0.39 is 0 Å². The average Bonchev–Trinajstić information content (AvgIpc) is 2.98. The van der Waals surface area contributed by atoms with Crippen LogP contribution in [0.15, 0.2) is 24.3 Å². The second kappa shape index (κ2) is 7.99. The lowest BCUT2D eigenvalue weighted by Crippen LogP contribution is -2.35. The fourth-order valence-corrected chi connectivity index (χ4v) is 3.70. The van der Waals surface area contributed by atoms with Gasteiger partial charge in [-0.05, 0) is 69.7 Å². The van der Waals surface area contributed by atoms with Crippen molar-refractivity contribution in [1.82, 2.24) is 9.80 Å². The number of anilines is 2. The normalized spacial score (nSPS) is 24.0. The van der Waals surface area contributed by atoms with Gasteiger partial charge in [-0.2, -0.15) is 0 Å². The van der Waals surface area contributed by atoms with Gasteiger partial charge >= 0.3 is 0 Å². The number of nitrogen functional groups attached to an aromatic ring is 1. The molecule has 0 saturated carbocycles. The van der Waals surface area contributed by atoms with Crippen molar-refractivity contribution in [2.45, 2.75) is 25.4 Å². The van der Waals surface area contributed by atoms with E-state index in [1.807, 2.05) is 24.3 Å². The van der Waals surface area contributed by atoms with Crippen molar-refractivity contribution in [3.8, 4) is 0 Å². The summed E-state index contributed by atoms with van der Waals surface area (Å²) in [5.74, 6) is 0. The zero-order chi connectivity index (χ0) is 16.1. The van der Waals surface area contributed by atoms with Crippen molar-refractivity contribution in [3.05, 3.63) is 24.3 Å². The minimum absolute atomic E-state index is 0.290. The molecule has 2 heterocycles. The lowest BCUT2D eigenvalue weighted by molar-refractivity contribution is 0.130. The third kappa shape index (κ3) is 4.83. The number of benzene rings is 1. The van der Waals surface area contributed by atoms with Crippen molar-refractivity contribution in [3.63, 3.8) is 0 Å². The zero-order valence-corrected chi connectivity index (χ0v) is 14.0. The molecular formula is C18H30N4O. The third-order valence-corrected chi connectivity index (χ3v) is 4.99. The van der Waals surface area contributed by atoms with E-state index in [0.717, 1.165) is 37.6 Å². The van der Waals surface area contributed by atoms with E-state index in [0.29, 0.717) is 6.54 Å². The highest BCUT2D eigenvalue weighted by atomic mass is 16.3. The van der Waals surface area contributed by atoms with Crippen LogP contribution in [0.5, 0.6) is 0 Å². The molecule has 0 aromatic heterocycles. The second-order valence-electron chi connectivity index (χ2n) is 6.89. The van der Waals surface area contributed by atoms with Crippen molar-refractivity contribution in [1.29, 1.82) is 0 Å². The Hall–Kier alpha value is -1.30. The van der Waals surface area contributed by atoms with Crippen molar-refractivity contribution in [2.75, 3.05) is 63.0 Å². The second-order valence-corrected chi connectivity index (χ2v) is 6.89. The van der Waals surface area contributed by atoms with E-state index in [4.69, 9.17) is 5.73 Å². The quantitative estimate of drug-likeness (QED) is 0.800. The van der Waals surface area contributed by atoms with Crippen LogP contribution in [0.1, 0.15) is 19.3 Å². The smallest absolute Gasteiger partial charge is 0.0841 e. The van der Waals surface area contributed by atoms with Crippen LogP contribution in [-0.4, -0.2) is 73.4 Å². The predicted octanol–water partition coefficient (Wildman–Crippen LogP) is 1.24. The van der Waals surface area contributed by atoms with Gasteiger partial charge in [0.1, 0.15) is 0 Å². The van der Waals surface area contributed by atoms with Gasteiger partial charge in [0.05, 0.1) is 6.10 Å². The van der Waals surface area contributed by atoms with Crippen LogP contribution in [0.4, 0.5) is 11.4 Å². The molecule has 0 radical (unpaired) electrons. The summed E-state index contributed by atoms with van der Waals surface area (Å²) in [6.07, 6.45) is 3.63. The molecule has 3 N–H and O–H groups in total. The van der Waals surface area contributed by atoms with Crippen LogP contribution in [-0.2, 0) is 0 Å². The zero-order valence-electron chi connectivity index (χ0n) is 14.0. The first-order chi connectivity index (χ1) is 11.2. The minimum Gasteiger partial charge on any atom is -0.399 e. The maximum atomic E-state index is 10.3. The summed E-state index contributed by atoms with van der Waals surface area (Å²) in [4.78, 5) is 7.25. The highest BCUT2D eigenvalue weighted by Crippen LogP contribution is 2.18. The summed E-state index contributed by atoms with van der Waals surface area (Å²) in [6.45, 7) is 8.29. The Morgan fingerprint density at radius 3 is 2.35 bits per heavy atom. The Kier molecular flexibility index (Phi) is 5.75. The monoisotopic (exact) mass is 318 g/mol. The van der Waals surface area contributed by atoms with Crippen LogP contribution in [0.25, 0.3) is 0 Å². The number of hydrogen-bond donors (Lipinski definition) is 2. The molecule has 2 aliphatic rings. The lowest BCUT2D eigenvalue weighted by Gasteiger charge is -2.24. The molecule has 0 bridgehead atoms. The Balaban J connectivity index is 1.48. The lowest BCUT2D eigenvalue weighted by atomic mass is 10.2. The third-order valence-electron chi connectivity index (χ3n) is 4.99. The molecule has 5 heteroatoms. The van der Waals surface area contributed by atoms with Gasteiger partial charge in [-0.3, -0.25) is 4.90 Å². The van der Waals surface area contributed by atoms with Gasteiger partial charge in [-0.25, -0.2) is 0 Å². The molecule has 5 nitrogen and oxygen atoms in total. The summed E-state index contributed by atoms with van der Waals surface area (Å²) in [6, 6.07) is 7.96. The fraction of sp³-hybridized carbons (Fsp3) is 0.667. The molecular weight excluding hydrogens is 288 g/mol. The number of aliphatic hydroxyl groups is 1. The Labute approximate surface area is 139 Å². The van der Waals surface area contributed by atoms with E-state index >= 15 is 0 Å². The molecule has 1 aromatic carbocycles. The van der Waals surface area contributed by atoms with E-state index in [1.165, 1.54) is 38.9 Å². The molecule has 3 rings (SSSR count). The number of nitrogens with zero attached hydrogens (tertiary/aromatic N) is 3. The van der Waals surface area contributed by atoms with Crippen LogP contribution in [0, 0.1) is 0 Å². The topological polar surface area (TPSA) is 56.0 Å². The molecule has 1 unspecified atom stereocenters. The van der Waals surface area contributed by atoms with Gasteiger partial charge < -0.3 is 20.6 Å². The van der Waals surface area contributed by atoms with Crippen molar-refractivity contribution >= 4 is 11.4 Å². The molecule has 0 amide bonds. The highest BCUT2D eigenvalue weighted by molar-refractivity contribution is 5.53. The SMILES string of the molecule is Nc1ccc(N2CCN(CCCN3CCCC3)CC(O)C2)cc1. The van der Waals surface area contributed by atoms with Gasteiger partial charge in [0, 0.05) is 37.6 Å². The molecule has 1 aromatic rings. The largest absolute Gasteiger partial charge is 0.399 e. The van der Waals surface area contributed by atoms with Gasteiger partial charge in [-0.15, -0.1) is 0 Å². The summed E-state index contributed by atoms with van der Waals surface area (Å²) in [5, 5.41) is 10.3. The predicted molar refractivity (Wildman–Crippen MR) is 95.8 cm³/mol. The van der Waals surface area contributed by atoms with E-state index in [2.05, 4.69) is 14.7 Å². The summed E-state index contributed by atoms with van der Waals surface area (Å²) in [5.41, 5.74) is 7.70. The minimum atomic E-state index is -0.290. The molecule has 128 valence electrons. The first-order valence-corrected chi connectivity index (χ1v) is 8.94.